The maximum atomic E-state index is 11.9. The van der Waals surface area contributed by atoms with Gasteiger partial charge >= 0.3 is 0 Å². The summed E-state index contributed by atoms with van der Waals surface area (Å²) in [4.78, 5) is 11.9. The van der Waals surface area contributed by atoms with Crippen LogP contribution >= 0.6 is 11.6 Å². The molecule has 2 N–H and O–H groups in total. The molecule has 5 nitrogen and oxygen atoms in total. The number of rotatable bonds is 7. The highest BCUT2D eigenvalue weighted by molar-refractivity contribution is 6.31. The molecule has 0 aliphatic carbocycles. The first-order valence-electron chi connectivity index (χ1n) is 7.76. The van der Waals surface area contributed by atoms with Crippen LogP contribution in [-0.4, -0.2) is 22.6 Å². The van der Waals surface area contributed by atoms with Crippen LogP contribution in [0.15, 0.2) is 30.3 Å². The zero-order valence-corrected chi connectivity index (χ0v) is 14.2. The van der Waals surface area contributed by atoms with Crippen molar-refractivity contribution in [2.24, 2.45) is 0 Å². The van der Waals surface area contributed by atoms with Crippen molar-refractivity contribution < 1.29 is 4.79 Å². The summed E-state index contributed by atoms with van der Waals surface area (Å²) in [5.41, 5.74) is 2.12. The molecule has 1 aromatic heterocycles. The molecule has 0 radical (unpaired) electrons. The molecule has 0 aliphatic rings. The van der Waals surface area contributed by atoms with Gasteiger partial charge < -0.3 is 10.6 Å². The third-order valence-corrected chi connectivity index (χ3v) is 3.90. The van der Waals surface area contributed by atoms with Crippen LogP contribution in [0.3, 0.4) is 0 Å². The number of amides is 1. The molecule has 23 heavy (non-hydrogen) atoms. The molecule has 2 aromatic rings. The average molecular weight is 333 g/mol. The fourth-order valence-corrected chi connectivity index (χ4v) is 2.24. The number of aromatic nitrogens is 2. The van der Waals surface area contributed by atoms with Crippen LogP contribution in [0.4, 0.5) is 11.5 Å². The third kappa shape index (κ3) is 4.93. The molecule has 1 aromatic carbocycles. The minimum atomic E-state index is -0.195. The molecule has 0 saturated carbocycles. The first kappa shape index (κ1) is 17.2. The minimum Gasteiger partial charge on any atom is -0.351 e. The zero-order chi connectivity index (χ0) is 16.7. The van der Waals surface area contributed by atoms with Gasteiger partial charge in [-0.05, 0) is 43.2 Å². The summed E-state index contributed by atoms with van der Waals surface area (Å²) in [7, 11) is 0. The van der Waals surface area contributed by atoms with E-state index in [1.165, 1.54) is 0 Å². The van der Waals surface area contributed by atoms with E-state index in [0.29, 0.717) is 23.1 Å². The maximum absolute atomic E-state index is 11.9. The third-order valence-electron chi connectivity index (χ3n) is 3.49. The van der Waals surface area contributed by atoms with Crippen LogP contribution in [0.1, 0.15) is 42.2 Å². The molecule has 1 heterocycles. The van der Waals surface area contributed by atoms with E-state index in [0.717, 1.165) is 30.5 Å². The van der Waals surface area contributed by atoms with Crippen molar-refractivity contribution in [3.8, 4) is 0 Å². The van der Waals surface area contributed by atoms with Gasteiger partial charge in [0.15, 0.2) is 11.5 Å². The predicted molar refractivity (Wildman–Crippen MR) is 93.4 cm³/mol. The van der Waals surface area contributed by atoms with Crippen LogP contribution in [0.25, 0.3) is 0 Å². The molecule has 0 saturated heterocycles. The first-order chi connectivity index (χ1) is 11.1. The van der Waals surface area contributed by atoms with E-state index < -0.39 is 0 Å². The molecular weight excluding hydrogens is 312 g/mol. The number of halogens is 1. The molecular formula is C17H21ClN4O. The Bertz CT molecular complexity index is 658. The van der Waals surface area contributed by atoms with Crippen molar-refractivity contribution in [3.63, 3.8) is 0 Å². The summed E-state index contributed by atoms with van der Waals surface area (Å²) in [6.45, 7) is 4.72. The van der Waals surface area contributed by atoms with Gasteiger partial charge in [0.25, 0.3) is 5.91 Å². The Balaban J connectivity index is 1.96. The molecule has 0 bridgehead atoms. The van der Waals surface area contributed by atoms with Crippen molar-refractivity contribution in [1.29, 1.82) is 0 Å². The fourth-order valence-electron chi connectivity index (χ4n) is 2.07. The quantitative estimate of drug-likeness (QED) is 0.749. The van der Waals surface area contributed by atoms with Crippen molar-refractivity contribution in [1.82, 2.24) is 15.5 Å². The monoisotopic (exact) mass is 332 g/mol. The van der Waals surface area contributed by atoms with Gasteiger partial charge in [0, 0.05) is 17.3 Å². The van der Waals surface area contributed by atoms with Crippen molar-refractivity contribution in [3.05, 3.63) is 46.6 Å². The summed E-state index contributed by atoms with van der Waals surface area (Å²) < 4.78 is 0. The number of anilines is 2. The highest BCUT2D eigenvalue weighted by Gasteiger charge is 2.08. The highest BCUT2D eigenvalue weighted by atomic mass is 35.5. The van der Waals surface area contributed by atoms with E-state index in [9.17, 15) is 4.79 Å². The van der Waals surface area contributed by atoms with E-state index >= 15 is 0 Å². The number of hydrogen-bond donors (Lipinski definition) is 2. The van der Waals surface area contributed by atoms with E-state index in [-0.39, 0.29) is 5.91 Å². The Hall–Kier alpha value is -2.14. The molecule has 0 fully saturated rings. The molecule has 0 spiro atoms. The Kier molecular flexibility index (Phi) is 6.35. The highest BCUT2D eigenvalue weighted by Crippen LogP contribution is 2.25. The average Bonchev–Trinajstić information content (AvgIpc) is 2.56. The van der Waals surface area contributed by atoms with E-state index in [2.05, 4.69) is 27.8 Å². The van der Waals surface area contributed by atoms with Gasteiger partial charge in [0.1, 0.15) is 0 Å². The predicted octanol–water partition coefficient (Wildman–Crippen LogP) is 4.10. The Labute approximate surface area is 141 Å². The van der Waals surface area contributed by atoms with Gasteiger partial charge in [-0.1, -0.05) is 37.4 Å². The Morgan fingerprint density at radius 1 is 1.17 bits per heavy atom. The van der Waals surface area contributed by atoms with Gasteiger partial charge in [0.05, 0.1) is 0 Å². The number of benzene rings is 1. The number of nitrogens with zero attached hydrogens (tertiary/aromatic N) is 2. The van der Waals surface area contributed by atoms with Gasteiger partial charge in [-0.15, -0.1) is 10.2 Å². The lowest BCUT2D eigenvalue weighted by molar-refractivity contribution is 0.0947. The summed E-state index contributed by atoms with van der Waals surface area (Å²) >= 11 is 6.09. The Morgan fingerprint density at radius 2 is 2.00 bits per heavy atom. The van der Waals surface area contributed by atoms with Crippen molar-refractivity contribution in [2.75, 3.05) is 11.9 Å². The topological polar surface area (TPSA) is 66.9 Å². The molecule has 0 aliphatic heterocycles. The lowest BCUT2D eigenvalue weighted by atomic mass is 10.2. The summed E-state index contributed by atoms with van der Waals surface area (Å²) in [5, 5.41) is 14.7. The maximum Gasteiger partial charge on any atom is 0.271 e. The van der Waals surface area contributed by atoms with Crippen LogP contribution in [-0.2, 0) is 0 Å². The van der Waals surface area contributed by atoms with Gasteiger partial charge in [-0.3, -0.25) is 4.79 Å². The lowest BCUT2D eigenvalue weighted by Crippen LogP contribution is -2.25. The largest absolute Gasteiger partial charge is 0.351 e. The summed E-state index contributed by atoms with van der Waals surface area (Å²) in [5.74, 6) is 0.372. The number of carbonyl (C=O) groups is 1. The van der Waals surface area contributed by atoms with Gasteiger partial charge in [0.2, 0.25) is 0 Å². The summed E-state index contributed by atoms with van der Waals surface area (Å²) in [6, 6.07) is 9.00. The molecule has 2 rings (SSSR count). The molecule has 1 amide bonds. The van der Waals surface area contributed by atoms with E-state index in [4.69, 9.17) is 11.6 Å². The smallest absolute Gasteiger partial charge is 0.271 e. The van der Waals surface area contributed by atoms with Crippen LogP contribution in [0, 0.1) is 6.92 Å². The summed E-state index contributed by atoms with van der Waals surface area (Å²) in [6.07, 6.45) is 3.20. The van der Waals surface area contributed by atoms with Gasteiger partial charge in [-0.25, -0.2) is 0 Å². The molecule has 0 unspecified atom stereocenters. The molecule has 6 heteroatoms. The van der Waals surface area contributed by atoms with Crippen LogP contribution < -0.4 is 10.6 Å². The second-order valence-corrected chi connectivity index (χ2v) is 5.71. The van der Waals surface area contributed by atoms with Crippen molar-refractivity contribution in [2.45, 2.75) is 33.1 Å². The van der Waals surface area contributed by atoms with Crippen molar-refractivity contribution >= 4 is 29.0 Å². The second kappa shape index (κ2) is 8.48. The lowest BCUT2D eigenvalue weighted by Gasteiger charge is -2.09. The van der Waals surface area contributed by atoms with Crippen LogP contribution in [0.5, 0.6) is 0 Å². The standard InChI is InChI=1S/C17H21ClN4O/c1-3-4-5-11-19-17(23)15-9-10-16(22-21-15)20-14-8-6-7-13(18)12(14)2/h6-10H,3-5,11H2,1-2H3,(H,19,23)(H,20,22). The molecule has 122 valence electrons. The second-order valence-electron chi connectivity index (χ2n) is 5.30. The number of carbonyl (C=O) groups excluding carboxylic acids is 1. The number of hydrogen-bond acceptors (Lipinski definition) is 4. The first-order valence-corrected chi connectivity index (χ1v) is 8.13. The normalized spacial score (nSPS) is 10.4. The van der Waals surface area contributed by atoms with Crippen LogP contribution in [0.2, 0.25) is 5.02 Å². The SMILES string of the molecule is CCCCCNC(=O)c1ccc(Nc2cccc(Cl)c2C)nn1. The number of unbranched alkanes of at least 4 members (excludes halogenated alkanes) is 2. The number of nitrogens with one attached hydrogen (secondary N) is 2. The molecule has 0 atom stereocenters. The van der Waals surface area contributed by atoms with E-state index in [1.54, 1.807) is 12.1 Å². The van der Waals surface area contributed by atoms with Gasteiger partial charge in [-0.2, -0.15) is 0 Å². The fraction of sp³-hybridized carbons (Fsp3) is 0.353. The van der Waals surface area contributed by atoms with E-state index in [1.807, 2.05) is 25.1 Å². The zero-order valence-electron chi connectivity index (χ0n) is 13.4. The minimum absolute atomic E-state index is 0.195. The Morgan fingerprint density at radius 3 is 2.70 bits per heavy atom.